The van der Waals surface area contributed by atoms with Gasteiger partial charge in [0.05, 0.1) is 4.88 Å². The van der Waals surface area contributed by atoms with Gasteiger partial charge in [0.25, 0.3) is 0 Å². The van der Waals surface area contributed by atoms with Gasteiger partial charge < -0.3 is 4.98 Å². The molecule has 0 spiro atoms. The van der Waals surface area contributed by atoms with Crippen LogP contribution in [0, 0.1) is 0 Å². The first-order valence-electron chi connectivity index (χ1n) is 7.02. The van der Waals surface area contributed by atoms with Crippen LogP contribution in [-0.2, 0) is 13.0 Å². The molecule has 0 aliphatic rings. The van der Waals surface area contributed by atoms with Crippen LogP contribution >= 0.6 is 11.3 Å². The van der Waals surface area contributed by atoms with Crippen molar-refractivity contribution in [2.75, 3.05) is 0 Å². The number of hydrogen-bond donors (Lipinski definition) is 1. The van der Waals surface area contributed by atoms with Gasteiger partial charge in [0, 0.05) is 29.8 Å². The molecule has 0 unspecified atom stereocenters. The predicted molar refractivity (Wildman–Crippen MR) is 87.5 cm³/mol. The van der Waals surface area contributed by atoms with Gasteiger partial charge in [0.1, 0.15) is 5.69 Å². The molecule has 1 aromatic carbocycles. The normalized spacial score (nSPS) is 11.2. The molecule has 104 valence electrons. The van der Waals surface area contributed by atoms with E-state index in [4.69, 9.17) is 0 Å². The number of rotatable bonds is 4. The molecule has 4 heteroatoms. The van der Waals surface area contributed by atoms with Crippen LogP contribution in [0.5, 0.6) is 0 Å². The van der Waals surface area contributed by atoms with Crippen molar-refractivity contribution in [3.63, 3.8) is 0 Å². The molecule has 0 aliphatic heterocycles. The van der Waals surface area contributed by atoms with Crippen LogP contribution in [-0.4, -0.2) is 14.8 Å². The highest BCUT2D eigenvalue weighted by molar-refractivity contribution is 7.13. The summed E-state index contributed by atoms with van der Waals surface area (Å²) in [6.07, 6.45) is 5.15. The number of thiophene rings is 1. The van der Waals surface area contributed by atoms with Crippen molar-refractivity contribution < 1.29 is 0 Å². The summed E-state index contributed by atoms with van der Waals surface area (Å²) < 4.78 is 2.02. The van der Waals surface area contributed by atoms with E-state index in [9.17, 15) is 0 Å². The van der Waals surface area contributed by atoms with Crippen molar-refractivity contribution in [3.05, 3.63) is 65.8 Å². The van der Waals surface area contributed by atoms with Gasteiger partial charge in [-0.3, -0.25) is 4.68 Å². The SMILES string of the molecule is c1csc(-c2ccn(CCc3c[nH]c4ccccc34)n2)c1. The van der Waals surface area contributed by atoms with Crippen molar-refractivity contribution in [2.45, 2.75) is 13.0 Å². The number of aromatic nitrogens is 3. The van der Waals surface area contributed by atoms with Crippen LogP contribution in [0.3, 0.4) is 0 Å². The molecule has 3 nitrogen and oxygen atoms in total. The fourth-order valence-corrected chi connectivity index (χ4v) is 3.31. The Morgan fingerprint density at radius 1 is 1.10 bits per heavy atom. The zero-order valence-corrected chi connectivity index (χ0v) is 12.3. The van der Waals surface area contributed by atoms with Gasteiger partial charge in [0.2, 0.25) is 0 Å². The summed E-state index contributed by atoms with van der Waals surface area (Å²) in [4.78, 5) is 4.55. The molecule has 0 amide bonds. The molecule has 4 aromatic rings. The van der Waals surface area contributed by atoms with E-state index in [2.05, 4.69) is 70.3 Å². The largest absolute Gasteiger partial charge is 0.361 e. The average molecular weight is 293 g/mol. The number of aryl methyl sites for hydroxylation is 2. The molecule has 3 aromatic heterocycles. The van der Waals surface area contributed by atoms with E-state index in [-0.39, 0.29) is 0 Å². The number of aromatic amines is 1. The zero-order valence-electron chi connectivity index (χ0n) is 11.5. The van der Waals surface area contributed by atoms with Gasteiger partial charge >= 0.3 is 0 Å². The van der Waals surface area contributed by atoms with Crippen molar-refractivity contribution in [3.8, 4) is 10.6 Å². The van der Waals surface area contributed by atoms with Crippen LogP contribution in [0.25, 0.3) is 21.5 Å². The highest BCUT2D eigenvalue weighted by Gasteiger charge is 2.05. The first-order chi connectivity index (χ1) is 10.4. The number of nitrogens with zero attached hydrogens (tertiary/aromatic N) is 2. The molecular weight excluding hydrogens is 278 g/mol. The third-order valence-corrected chi connectivity index (χ3v) is 4.59. The molecule has 0 fully saturated rings. The zero-order chi connectivity index (χ0) is 14.1. The number of hydrogen-bond acceptors (Lipinski definition) is 2. The first-order valence-corrected chi connectivity index (χ1v) is 7.90. The summed E-state index contributed by atoms with van der Waals surface area (Å²) in [5.74, 6) is 0. The van der Waals surface area contributed by atoms with E-state index in [1.54, 1.807) is 11.3 Å². The maximum Gasteiger partial charge on any atom is 0.102 e. The van der Waals surface area contributed by atoms with Crippen LogP contribution in [0.15, 0.2) is 60.2 Å². The third kappa shape index (κ3) is 2.38. The van der Waals surface area contributed by atoms with Crippen molar-refractivity contribution in [1.82, 2.24) is 14.8 Å². The van der Waals surface area contributed by atoms with Crippen molar-refractivity contribution in [1.29, 1.82) is 0 Å². The minimum atomic E-state index is 0.896. The minimum Gasteiger partial charge on any atom is -0.361 e. The number of fused-ring (bicyclic) bond motifs is 1. The quantitative estimate of drug-likeness (QED) is 0.597. The summed E-state index contributed by atoms with van der Waals surface area (Å²) in [6, 6.07) is 14.7. The second-order valence-corrected chi connectivity index (χ2v) is 6.00. The maximum absolute atomic E-state index is 4.65. The molecule has 0 aliphatic carbocycles. The number of H-pyrrole nitrogens is 1. The summed E-state index contributed by atoms with van der Waals surface area (Å²) in [5.41, 5.74) is 3.61. The summed E-state index contributed by atoms with van der Waals surface area (Å²) in [7, 11) is 0. The molecule has 0 saturated carbocycles. The standard InChI is InChI=1S/C17H15N3S/c1-2-5-15-14(4-1)13(12-18-15)7-9-20-10-8-16(19-20)17-6-3-11-21-17/h1-6,8,10-12,18H,7,9H2. The lowest BCUT2D eigenvalue weighted by Gasteiger charge is -2.01. The lowest BCUT2D eigenvalue weighted by Crippen LogP contribution is -2.01. The van der Waals surface area contributed by atoms with Gasteiger partial charge in [0.15, 0.2) is 0 Å². The Morgan fingerprint density at radius 2 is 2.05 bits per heavy atom. The summed E-state index contributed by atoms with van der Waals surface area (Å²) in [6.45, 7) is 0.896. The summed E-state index contributed by atoms with van der Waals surface area (Å²) in [5, 5.41) is 8.04. The van der Waals surface area contributed by atoms with E-state index >= 15 is 0 Å². The van der Waals surface area contributed by atoms with Gasteiger partial charge in [-0.05, 0) is 35.6 Å². The van der Waals surface area contributed by atoms with Crippen LogP contribution in [0.1, 0.15) is 5.56 Å². The third-order valence-electron chi connectivity index (χ3n) is 3.70. The smallest absolute Gasteiger partial charge is 0.102 e. The first kappa shape index (κ1) is 12.4. The molecule has 1 N–H and O–H groups in total. The molecule has 0 saturated heterocycles. The van der Waals surface area contributed by atoms with Gasteiger partial charge in [-0.15, -0.1) is 11.3 Å². The van der Waals surface area contributed by atoms with Crippen molar-refractivity contribution in [2.24, 2.45) is 0 Å². The Kier molecular flexibility index (Phi) is 3.09. The Morgan fingerprint density at radius 3 is 2.95 bits per heavy atom. The maximum atomic E-state index is 4.65. The number of para-hydroxylation sites is 1. The average Bonchev–Trinajstić information content (AvgIpc) is 3.25. The minimum absolute atomic E-state index is 0.896. The summed E-state index contributed by atoms with van der Waals surface area (Å²) >= 11 is 1.73. The lowest BCUT2D eigenvalue weighted by atomic mass is 10.1. The van der Waals surface area contributed by atoms with E-state index in [1.165, 1.54) is 21.3 Å². The fraction of sp³-hybridized carbons (Fsp3) is 0.118. The monoisotopic (exact) mass is 293 g/mol. The topological polar surface area (TPSA) is 33.6 Å². The molecule has 21 heavy (non-hydrogen) atoms. The van der Waals surface area contributed by atoms with E-state index in [1.807, 2.05) is 4.68 Å². The predicted octanol–water partition coefficient (Wildman–Crippen LogP) is 4.34. The fourth-order valence-electron chi connectivity index (χ4n) is 2.62. The highest BCUT2D eigenvalue weighted by atomic mass is 32.1. The number of nitrogens with one attached hydrogen (secondary N) is 1. The Balaban J connectivity index is 1.52. The van der Waals surface area contributed by atoms with E-state index in [0.717, 1.165) is 18.7 Å². The number of benzene rings is 1. The van der Waals surface area contributed by atoms with Crippen LogP contribution < -0.4 is 0 Å². The molecule has 0 radical (unpaired) electrons. The van der Waals surface area contributed by atoms with Gasteiger partial charge in [-0.25, -0.2) is 0 Å². The lowest BCUT2D eigenvalue weighted by molar-refractivity contribution is 0.618. The Bertz CT molecular complexity index is 855. The Labute approximate surface area is 126 Å². The second kappa shape index (κ2) is 5.22. The highest BCUT2D eigenvalue weighted by Crippen LogP contribution is 2.23. The van der Waals surface area contributed by atoms with E-state index in [0.29, 0.717) is 0 Å². The van der Waals surface area contributed by atoms with Crippen LogP contribution in [0.4, 0.5) is 0 Å². The van der Waals surface area contributed by atoms with Crippen LogP contribution in [0.2, 0.25) is 0 Å². The van der Waals surface area contributed by atoms with Gasteiger partial charge in [-0.2, -0.15) is 5.10 Å². The molecule has 4 rings (SSSR count). The Hall–Kier alpha value is -2.33. The van der Waals surface area contributed by atoms with E-state index < -0.39 is 0 Å². The molecule has 0 bridgehead atoms. The molecule has 3 heterocycles. The van der Waals surface area contributed by atoms with Crippen molar-refractivity contribution >= 4 is 22.2 Å². The molecule has 0 atom stereocenters. The molecular formula is C17H15N3S. The second-order valence-electron chi connectivity index (χ2n) is 5.05. The van der Waals surface area contributed by atoms with Gasteiger partial charge in [-0.1, -0.05) is 24.3 Å².